The van der Waals surface area contributed by atoms with Crippen LogP contribution in [0.3, 0.4) is 0 Å². The largest absolute Gasteiger partial charge is 0.350 e. The Bertz CT molecular complexity index is 266. The van der Waals surface area contributed by atoms with Crippen molar-refractivity contribution in [1.29, 1.82) is 0 Å². The van der Waals surface area contributed by atoms with E-state index in [1.807, 2.05) is 0 Å². The molecule has 0 aromatic carbocycles. The first-order valence-electron chi connectivity index (χ1n) is 5.82. The van der Waals surface area contributed by atoms with Gasteiger partial charge in [0.2, 0.25) is 11.8 Å². The highest BCUT2D eigenvalue weighted by Crippen LogP contribution is 2.08. The molecule has 2 amide bonds. The highest BCUT2D eigenvalue weighted by atomic mass is 16.2. The molecule has 0 aliphatic carbocycles. The molecule has 0 aromatic heterocycles. The lowest BCUT2D eigenvalue weighted by Gasteiger charge is -2.20. The Kier molecular flexibility index (Phi) is 4.73. The Morgan fingerprint density at radius 1 is 1.62 bits per heavy atom. The summed E-state index contributed by atoms with van der Waals surface area (Å²) in [6.45, 7) is 4.61. The van der Waals surface area contributed by atoms with Gasteiger partial charge in [-0.25, -0.2) is 0 Å². The summed E-state index contributed by atoms with van der Waals surface area (Å²) >= 11 is 0. The molecule has 1 aliphatic heterocycles. The lowest BCUT2D eigenvalue weighted by molar-refractivity contribution is -0.126. The first-order chi connectivity index (χ1) is 7.52. The van der Waals surface area contributed by atoms with Crippen molar-refractivity contribution in [1.82, 2.24) is 10.6 Å². The minimum Gasteiger partial charge on any atom is -0.350 e. The molecule has 4 N–H and O–H groups in total. The summed E-state index contributed by atoms with van der Waals surface area (Å²) in [4.78, 5) is 22.7. The zero-order valence-corrected chi connectivity index (χ0v) is 9.95. The van der Waals surface area contributed by atoms with E-state index in [2.05, 4.69) is 24.5 Å². The Labute approximate surface area is 96.1 Å². The molecule has 0 saturated carbocycles. The minimum absolute atomic E-state index is 0.00463. The molecule has 0 radical (unpaired) electrons. The Morgan fingerprint density at radius 3 is 2.75 bits per heavy atom. The number of amides is 2. The van der Waals surface area contributed by atoms with Crippen LogP contribution < -0.4 is 16.4 Å². The number of nitrogens with one attached hydrogen (secondary N) is 2. The molecule has 5 nitrogen and oxygen atoms in total. The van der Waals surface area contributed by atoms with Gasteiger partial charge in [0, 0.05) is 19.0 Å². The molecule has 1 saturated heterocycles. The number of hydrogen-bond donors (Lipinski definition) is 3. The van der Waals surface area contributed by atoms with Gasteiger partial charge in [-0.3, -0.25) is 9.59 Å². The quantitative estimate of drug-likeness (QED) is 0.606. The van der Waals surface area contributed by atoms with Crippen LogP contribution in [0.2, 0.25) is 0 Å². The number of carbonyl (C=O) groups is 2. The van der Waals surface area contributed by atoms with E-state index in [-0.39, 0.29) is 23.9 Å². The van der Waals surface area contributed by atoms with Crippen LogP contribution in [0.1, 0.15) is 33.1 Å². The first-order valence-corrected chi connectivity index (χ1v) is 5.82. The summed E-state index contributed by atoms with van der Waals surface area (Å²) in [6.07, 6.45) is 1.89. The fourth-order valence-electron chi connectivity index (χ4n) is 1.90. The number of nitrogens with two attached hydrogens (primary N) is 1. The van der Waals surface area contributed by atoms with E-state index in [0.717, 1.165) is 6.42 Å². The molecule has 0 spiro atoms. The second-order valence-corrected chi connectivity index (χ2v) is 4.73. The van der Waals surface area contributed by atoms with Crippen molar-refractivity contribution >= 4 is 11.8 Å². The van der Waals surface area contributed by atoms with Crippen molar-refractivity contribution in [3.63, 3.8) is 0 Å². The highest BCUT2D eigenvalue weighted by Gasteiger charge is 2.28. The van der Waals surface area contributed by atoms with Gasteiger partial charge in [0.1, 0.15) is 6.04 Å². The van der Waals surface area contributed by atoms with Gasteiger partial charge < -0.3 is 16.4 Å². The van der Waals surface area contributed by atoms with Gasteiger partial charge in [-0.1, -0.05) is 13.8 Å². The average Bonchev–Trinajstić information content (AvgIpc) is 2.63. The van der Waals surface area contributed by atoms with Gasteiger partial charge in [-0.15, -0.1) is 0 Å². The second kappa shape index (κ2) is 5.84. The van der Waals surface area contributed by atoms with Crippen LogP contribution in [-0.4, -0.2) is 30.4 Å². The molecule has 16 heavy (non-hydrogen) atoms. The maximum Gasteiger partial charge on any atom is 0.242 e. The lowest BCUT2D eigenvalue weighted by Crippen LogP contribution is -2.48. The van der Waals surface area contributed by atoms with Crippen molar-refractivity contribution in [3.05, 3.63) is 0 Å². The maximum absolute atomic E-state index is 11.8. The van der Waals surface area contributed by atoms with E-state index >= 15 is 0 Å². The molecule has 2 atom stereocenters. The van der Waals surface area contributed by atoms with Gasteiger partial charge in [0.25, 0.3) is 0 Å². The van der Waals surface area contributed by atoms with Crippen LogP contribution in [0.4, 0.5) is 0 Å². The minimum atomic E-state index is -0.367. The van der Waals surface area contributed by atoms with Crippen LogP contribution in [0.25, 0.3) is 0 Å². The first kappa shape index (κ1) is 13.0. The lowest BCUT2D eigenvalue weighted by atomic mass is 10.0. The third-order valence-corrected chi connectivity index (χ3v) is 2.70. The molecule has 1 aliphatic rings. The van der Waals surface area contributed by atoms with Gasteiger partial charge in [-0.2, -0.15) is 0 Å². The van der Waals surface area contributed by atoms with Gasteiger partial charge in [0.05, 0.1) is 0 Å². The average molecular weight is 227 g/mol. The van der Waals surface area contributed by atoms with E-state index in [0.29, 0.717) is 25.3 Å². The van der Waals surface area contributed by atoms with Gasteiger partial charge >= 0.3 is 0 Å². The van der Waals surface area contributed by atoms with E-state index in [9.17, 15) is 9.59 Å². The third-order valence-electron chi connectivity index (χ3n) is 2.70. The molecular weight excluding hydrogens is 206 g/mol. The van der Waals surface area contributed by atoms with Crippen LogP contribution in [-0.2, 0) is 9.59 Å². The monoisotopic (exact) mass is 227 g/mol. The molecule has 0 aromatic rings. The fraction of sp³-hybridized carbons (Fsp3) is 0.818. The Balaban J connectivity index is 2.39. The topological polar surface area (TPSA) is 84.2 Å². The fourth-order valence-corrected chi connectivity index (χ4v) is 1.90. The summed E-state index contributed by atoms with van der Waals surface area (Å²) in [5.41, 5.74) is 5.59. The highest BCUT2D eigenvalue weighted by molar-refractivity contribution is 5.90. The Hall–Kier alpha value is -1.10. The number of hydrogen-bond acceptors (Lipinski definition) is 3. The number of carbonyl (C=O) groups excluding carboxylic acids is 2. The van der Waals surface area contributed by atoms with Crippen molar-refractivity contribution in [3.8, 4) is 0 Å². The SMILES string of the molecule is CC(C)CC(CN)NC(=O)C1CCC(=O)N1. The predicted molar refractivity (Wildman–Crippen MR) is 61.6 cm³/mol. The molecule has 1 rings (SSSR count). The van der Waals surface area contributed by atoms with E-state index in [1.54, 1.807) is 0 Å². The van der Waals surface area contributed by atoms with Crippen molar-refractivity contribution in [2.45, 2.75) is 45.2 Å². The van der Waals surface area contributed by atoms with Crippen molar-refractivity contribution in [2.75, 3.05) is 6.54 Å². The van der Waals surface area contributed by atoms with Crippen LogP contribution in [0.15, 0.2) is 0 Å². The summed E-state index contributed by atoms with van der Waals surface area (Å²) in [5, 5.41) is 5.53. The summed E-state index contributed by atoms with van der Waals surface area (Å²) in [6, 6.07) is -0.362. The van der Waals surface area contributed by atoms with Gasteiger partial charge in [0.15, 0.2) is 0 Å². The van der Waals surface area contributed by atoms with E-state index in [4.69, 9.17) is 5.73 Å². The van der Waals surface area contributed by atoms with E-state index < -0.39 is 0 Å². The third kappa shape index (κ3) is 3.81. The summed E-state index contributed by atoms with van der Waals surface area (Å²) < 4.78 is 0. The molecule has 2 unspecified atom stereocenters. The molecule has 5 heteroatoms. The van der Waals surface area contributed by atoms with Crippen molar-refractivity contribution in [2.24, 2.45) is 11.7 Å². The molecular formula is C11H21N3O2. The van der Waals surface area contributed by atoms with Gasteiger partial charge in [-0.05, 0) is 18.8 Å². The second-order valence-electron chi connectivity index (χ2n) is 4.73. The van der Waals surface area contributed by atoms with Crippen LogP contribution >= 0.6 is 0 Å². The van der Waals surface area contributed by atoms with Crippen LogP contribution in [0, 0.1) is 5.92 Å². The summed E-state index contributed by atoms with van der Waals surface area (Å²) in [7, 11) is 0. The molecule has 92 valence electrons. The normalized spacial score (nSPS) is 22.0. The number of rotatable bonds is 5. The van der Waals surface area contributed by atoms with E-state index in [1.165, 1.54) is 0 Å². The summed E-state index contributed by atoms with van der Waals surface area (Å²) in [5.74, 6) is 0.335. The molecule has 1 fully saturated rings. The van der Waals surface area contributed by atoms with Crippen molar-refractivity contribution < 1.29 is 9.59 Å². The predicted octanol–water partition coefficient (Wildman–Crippen LogP) is -0.245. The Morgan fingerprint density at radius 2 is 2.31 bits per heavy atom. The zero-order chi connectivity index (χ0) is 12.1. The molecule has 1 heterocycles. The molecule has 0 bridgehead atoms. The maximum atomic E-state index is 11.8. The standard InChI is InChI=1S/C11H21N3O2/c1-7(2)5-8(6-12)13-11(16)9-3-4-10(15)14-9/h7-9H,3-6,12H2,1-2H3,(H,13,16)(H,14,15). The zero-order valence-electron chi connectivity index (χ0n) is 9.95. The smallest absolute Gasteiger partial charge is 0.242 e. The van der Waals surface area contributed by atoms with Crippen LogP contribution in [0.5, 0.6) is 0 Å².